The van der Waals surface area contributed by atoms with Gasteiger partial charge in [0, 0.05) is 18.7 Å². The fraction of sp³-hybridized carbons (Fsp3) is 0.500. The van der Waals surface area contributed by atoms with E-state index in [1.807, 2.05) is 18.3 Å². The zero-order valence-corrected chi connectivity index (χ0v) is 10.6. The molecular formula is C12H15ClN4. The van der Waals surface area contributed by atoms with E-state index in [9.17, 15) is 0 Å². The van der Waals surface area contributed by atoms with Crippen LogP contribution in [0.2, 0.25) is 5.02 Å². The monoisotopic (exact) mass is 250 g/mol. The summed E-state index contributed by atoms with van der Waals surface area (Å²) < 4.78 is 1.77. The number of halogens is 1. The third kappa shape index (κ3) is 1.91. The molecule has 0 saturated carbocycles. The topological polar surface area (TPSA) is 33.4 Å². The molecule has 2 aromatic heterocycles. The lowest BCUT2D eigenvalue weighted by molar-refractivity contribution is 0.352. The second kappa shape index (κ2) is 4.27. The first kappa shape index (κ1) is 11.0. The maximum atomic E-state index is 6.10. The van der Waals surface area contributed by atoms with E-state index in [0.717, 1.165) is 37.5 Å². The molecule has 17 heavy (non-hydrogen) atoms. The lowest BCUT2D eigenvalue weighted by atomic mass is 10.1. The molecule has 1 aliphatic rings. The highest BCUT2D eigenvalue weighted by molar-refractivity contribution is 6.33. The minimum atomic E-state index is 0.450. The van der Waals surface area contributed by atoms with Crippen molar-refractivity contribution in [3.63, 3.8) is 0 Å². The Bertz CT molecular complexity index is 536. The van der Waals surface area contributed by atoms with Crippen LogP contribution >= 0.6 is 11.6 Å². The van der Waals surface area contributed by atoms with Gasteiger partial charge < -0.3 is 4.90 Å². The normalized spacial score (nSPS) is 21.4. The van der Waals surface area contributed by atoms with E-state index >= 15 is 0 Å². The summed E-state index contributed by atoms with van der Waals surface area (Å²) in [7, 11) is 0. The number of hydrogen-bond acceptors (Lipinski definition) is 3. The average Bonchev–Trinajstić information content (AvgIpc) is 2.95. The smallest absolute Gasteiger partial charge is 0.174 e. The van der Waals surface area contributed by atoms with Crippen LogP contribution in [-0.4, -0.2) is 39.1 Å². The molecule has 1 atom stereocenters. The second-order valence-electron chi connectivity index (χ2n) is 4.47. The third-order valence-corrected chi connectivity index (χ3v) is 3.71. The van der Waals surface area contributed by atoms with Gasteiger partial charge in [-0.2, -0.15) is 5.10 Å². The van der Waals surface area contributed by atoms with Crippen LogP contribution in [0.5, 0.6) is 0 Å². The molecule has 1 unspecified atom stereocenters. The Balaban J connectivity index is 1.94. The van der Waals surface area contributed by atoms with E-state index < -0.39 is 0 Å². The van der Waals surface area contributed by atoms with Gasteiger partial charge in [0.05, 0.1) is 5.02 Å². The Morgan fingerprint density at radius 1 is 1.53 bits per heavy atom. The van der Waals surface area contributed by atoms with Crippen LogP contribution in [0.15, 0.2) is 18.3 Å². The number of aromatic nitrogens is 3. The maximum absolute atomic E-state index is 6.10. The van der Waals surface area contributed by atoms with Crippen molar-refractivity contribution in [1.82, 2.24) is 19.5 Å². The molecular weight excluding hydrogens is 236 g/mol. The first-order valence-corrected chi connectivity index (χ1v) is 6.39. The van der Waals surface area contributed by atoms with E-state index in [0.29, 0.717) is 10.9 Å². The lowest BCUT2D eigenvalue weighted by Crippen LogP contribution is -2.19. The van der Waals surface area contributed by atoms with Crippen molar-refractivity contribution in [1.29, 1.82) is 0 Å². The maximum Gasteiger partial charge on any atom is 0.174 e. The van der Waals surface area contributed by atoms with Crippen molar-refractivity contribution in [2.75, 3.05) is 19.6 Å². The molecule has 0 bridgehead atoms. The van der Waals surface area contributed by atoms with Gasteiger partial charge in [-0.3, -0.25) is 0 Å². The summed E-state index contributed by atoms with van der Waals surface area (Å²) in [5.41, 5.74) is 0.763. The molecule has 0 N–H and O–H groups in total. The SMILES string of the molecule is CCN1CCC(c2nc3c(Cl)cccn3n2)C1. The summed E-state index contributed by atoms with van der Waals surface area (Å²) in [6.45, 7) is 5.50. The first-order chi connectivity index (χ1) is 8.28. The molecule has 0 radical (unpaired) electrons. The van der Waals surface area contributed by atoms with E-state index in [1.165, 1.54) is 0 Å². The van der Waals surface area contributed by atoms with Gasteiger partial charge in [0.15, 0.2) is 11.5 Å². The van der Waals surface area contributed by atoms with Gasteiger partial charge in [-0.1, -0.05) is 18.5 Å². The molecule has 2 aromatic rings. The molecule has 1 aliphatic heterocycles. The molecule has 1 fully saturated rings. The zero-order valence-electron chi connectivity index (χ0n) is 9.80. The van der Waals surface area contributed by atoms with E-state index in [-0.39, 0.29) is 0 Å². The number of nitrogens with zero attached hydrogens (tertiary/aromatic N) is 4. The van der Waals surface area contributed by atoms with Crippen molar-refractivity contribution in [2.24, 2.45) is 0 Å². The molecule has 90 valence electrons. The number of rotatable bonds is 2. The van der Waals surface area contributed by atoms with Gasteiger partial charge in [0.25, 0.3) is 0 Å². The standard InChI is InChI=1S/C12H15ClN4/c1-2-16-7-5-9(8-16)11-14-12-10(13)4-3-6-17(12)15-11/h3-4,6,9H,2,5,7-8H2,1H3. The predicted molar refractivity (Wildman–Crippen MR) is 67.5 cm³/mol. The molecule has 4 nitrogen and oxygen atoms in total. The fourth-order valence-electron chi connectivity index (χ4n) is 2.39. The molecule has 0 spiro atoms. The highest BCUT2D eigenvalue weighted by atomic mass is 35.5. The van der Waals surface area contributed by atoms with Crippen molar-refractivity contribution in [2.45, 2.75) is 19.3 Å². The first-order valence-electron chi connectivity index (χ1n) is 6.01. The Morgan fingerprint density at radius 3 is 3.12 bits per heavy atom. The van der Waals surface area contributed by atoms with Crippen LogP contribution in [0, 0.1) is 0 Å². The number of likely N-dealkylation sites (tertiary alicyclic amines) is 1. The van der Waals surface area contributed by atoms with Crippen molar-refractivity contribution in [3.8, 4) is 0 Å². The van der Waals surface area contributed by atoms with Crippen LogP contribution in [-0.2, 0) is 0 Å². The molecule has 3 heterocycles. The van der Waals surface area contributed by atoms with E-state index in [4.69, 9.17) is 11.6 Å². The van der Waals surface area contributed by atoms with Gasteiger partial charge in [-0.25, -0.2) is 9.50 Å². The second-order valence-corrected chi connectivity index (χ2v) is 4.88. The highest BCUT2D eigenvalue weighted by Crippen LogP contribution is 2.26. The van der Waals surface area contributed by atoms with Crippen LogP contribution in [0.3, 0.4) is 0 Å². The van der Waals surface area contributed by atoms with Gasteiger partial charge in [0.1, 0.15) is 0 Å². The number of pyridine rings is 1. The summed E-state index contributed by atoms with van der Waals surface area (Å²) in [4.78, 5) is 6.98. The number of hydrogen-bond donors (Lipinski definition) is 0. The van der Waals surface area contributed by atoms with Gasteiger partial charge in [-0.05, 0) is 31.6 Å². The quantitative estimate of drug-likeness (QED) is 0.819. The Hall–Kier alpha value is -1.13. The summed E-state index contributed by atoms with van der Waals surface area (Å²) in [6, 6.07) is 3.74. The molecule has 1 saturated heterocycles. The minimum absolute atomic E-state index is 0.450. The minimum Gasteiger partial charge on any atom is -0.303 e. The van der Waals surface area contributed by atoms with E-state index in [2.05, 4.69) is 21.9 Å². The number of likely N-dealkylation sites (N-methyl/N-ethyl adjacent to an activating group) is 1. The van der Waals surface area contributed by atoms with Crippen LogP contribution in [0.25, 0.3) is 5.65 Å². The van der Waals surface area contributed by atoms with Gasteiger partial charge in [-0.15, -0.1) is 0 Å². The molecule has 5 heteroatoms. The van der Waals surface area contributed by atoms with Gasteiger partial charge >= 0.3 is 0 Å². The van der Waals surface area contributed by atoms with Crippen molar-refractivity contribution < 1.29 is 0 Å². The fourth-order valence-corrected chi connectivity index (χ4v) is 2.60. The Morgan fingerprint density at radius 2 is 2.41 bits per heavy atom. The summed E-state index contributed by atoms with van der Waals surface area (Å²) in [5.74, 6) is 1.37. The summed E-state index contributed by atoms with van der Waals surface area (Å²) >= 11 is 6.10. The largest absolute Gasteiger partial charge is 0.303 e. The summed E-state index contributed by atoms with van der Waals surface area (Å²) in [6.07, 6.45) is 3.03. The van der Waals surface area contributed by atoms with E-state index in [1.54, 1.807) is 4.52 Å². The van der Waals surface area contributed by atoms with Crippen LogP contribution in [0.4, 0.5) is 0 Å². The molecule has 0 aliphatic carbocycles. The van der Waals surface area contributed by atoms with Crippen molar-refractivity contribution >= 4 is 17.2 Å². The van der Waals surface area contributed by atoms with Crippen molar-refractivity contribution in [3.05, 3.63) is 29.2 Å². The Labute approximate surface area is 105 Å². The Kier molecular flexibility index (Phi) is 2.76. The molecule has 0 amide bonds. The highest BCUT2D eigenvalue weighted by Gasteiger charge is 2.26. The van der Waals surface area contributed by atoms with Crippen LogP contribution < -0.4 is 0 Å². The average molecular weight is 251 g/mol. The lowest BCUT2D eigenvalue weighted by Gasteiger charge is -2.10. The molecule has 0 aromatic carbocycles. The summed E-state index contributed by atoms with van der Waals surface area (Å²) in [5, 5.41) is 5.18. The van der Waals surface area contributed by atoms with Gasteiger partial charge in [0.2, 0.25) is 0 Å². The third-order valence-electron chi connectivity index (χ3n) is 3.42. The van der Waals surface area contributed by atoms with Crippen LogP contribution in [0.1, 0.15) is 25.1 Å². The number of fused-ring (bicyclic) bond motifs is 1. The molecule has 3 rings (SSSR count). The zero-order chi connectivity index (χ0) is 11.8. The predicted octanol–water partition coefficient (Wildman–Crippen LogP) is 2.19.